The predicted molar refractivity (Wildman–Crippen MR) is 157 cm³/mol. The van der Waals surface area contributed by atoms with Crippen LogP contribution in [-0.2, 0) is 0 Å². The smallest absolute Gasteiger partial charge is 0.256 e. The van der Waals surface area contributed by atoms with Gasteiger partial charge in [0, 0.05) is 28.3 Å². The van der Waals surface area contributed by atoms with Gasteiger partial charge in [-0.1, -0.05) is 29.5 Å². The normalized spacial score (nSPS) is 11.2. The molecule has 0 unspecified atom stereocenters. The summed E-state index contributed by atoms with van der Waals surface area (Å²) in [6.45, 7) is 0.853. The maximum Gasteiger partial charge on any atom is 0.256 e. The van der Waals surface area contributed by atoms with E-state index in [4.69, 9.17) is 0 Å². The van der Waals surface area contributed by atoms with Crippen LogP contribution in [-0.4, -0.2) is 60.2 Å². The third kappa shape index (κ3) is 5.68. The number of hydrogen-bond acceptors (Lipinski definition) is 7. The topological polar surface area (TPSA) is 129 Å². The van der Waals surface area contributed by atoms with Crippen LogP contribution in [0, 0.1) is 18.6 Å². The number of halogens is 2. The molecule has 211 valence electrons. The molecule has 3 radical (unpaired) electrons. The molecule has 0 saturated carbocycles. The average Bonchev–Trinajstić information content (AvgIpc) is 2.97. The number of aliphatic hydroxyl groups is 2. The summed E-state index contributed by atoms with van der Waals surface area (Å²) in [5.74, 6) is -2.47. The quantitative estimate of drug-likeness (QED) is 0.207. The zero-order valence-electron chi connectivity index (χ0n) is 22.2. The number of benzene rings is 3. The van der Waals surface area contributed by atoms with Crippen molar-refractivity contribution in [3.8, 4) is 16.9 Å². The number of aliphatic hydroxyl groups excluding tert-OH is 2. The largest absolute Gasteiger partial charge is 0.394 e. The zero-order chi connectivity index (χ0) is 30.0. The molecule has 0 aliphatic rings. The summed E-state index contributed by atoms with van der Waals surface area (Å²) in [6, 6.07) is 17.0. The van der Waals surface area contributed by atoms with E-state index in [0.29, 0.717) is 22.4 Å². The Morgan fingerprint density at radius 2 is 1.67 bits per heavy atom. The molecule has 12 heteroatoms. The van der Waals surface area contributed by atoms with Gasteiger partial charge in [0.15, 0.2) is 5.65 Å². The second-order valence-electron chi connectivity index (χ2n) is 9.48. The predicted octanol–water partition coefficient (Wildman–Crippen LogP) is 2.85. The van der Waals surface area contributed by atoms with Crippen molar-refractivity contribution in [3.05, 3.63) is 106 Å². The fourth-order valence-electron chi connectivity index (χ4n) is 4.41. The van der Waals surface area contributed by atoms with Gasteiger partial charge in [0.25, 0.3) is 11.5 Å². The third-order valence-electron chi connectivity index (χ3n) is 6.58. The maximum absolute atomic E-state index is 14.9. The van der Waals surface area contributed by atoms with Crippen molar-refractivity contribution < 1.29 is 23.8 Å². The van der Waals surface area contributed by atoms with Crippen molar-refractivity contribution in [1.29, 1.82) is 0 Å². The lowest BCUT2D eigenvalue weighted by Gasteiger charge is -2.18. The Kier molecular flexibility index (Phi) is 8.20. The summed E-state index contributed by atoms with van der Waals surface area (Å²) >= 11 is 0. The summed E-state index contributed by atoms with van der Waals surface area (Å²) in [4.78, 5) is 35.2. The molecule has 5 aromatic rings. The number of amides is 1. The number of hydrogen-bond donors (Lipinski definition) is 4. The van der Waals surface area contributed by atoms with Gasteiger partial charge in [-0.05, 0) is 55.0 Å². The first kappa shape index (κ1) is 28.7. The van der Waals surface area contributed by atoms with Crippen LogP contribution >= 0.6 is 0 Å². The van der Waals surface area contributed by atoms with Crippen LogP contribution in [0.15, 0.2) is 77.6 Å². The molecule has 3 aromatic carbocycles. The highest BCUT2D eigenvalue weighted by molar-refractivity contribution is 6.32. The number of nitrogens with one attached hydrogen (secondary N) is 2. The molecule has 9 nitrogen and oxygen atoms in total. The van der Waals surface area contributed by atoms with Gasteiger partial charge in [0.05, 0.1) is 35.2 Å². The number of aromatic nitrogens is 3. The first-order valence-electron chi connectivity index (χ1n) is 12.8. The SMILES string of the molecule is Cc1ccc(C(=O)Nc2ccc([Si])cc2)cc1-c1nc(NC(CO)CO)nc2c1ccc(=O)n2-c1c(F)cccc1F. The highest BCUT2D eigenvalue weighted by Crippen LogP contribution is 2.32. The highest BCUT2D eigenvalue weighted by Gasteiger charge is 2.22. The van der Waals surface area contributed by atoms with Crippen LogP contribution < -0.4 is 21.4 Å². The van der Waals surface area contributed by atoms with E-state index in [1.165, 1.54) is 12.1 Å². The molecular weight excluding hydrogens is 560 g/mol. The van der Waals surface area contributed by atoms with Crippen molar-refractivity contribution in [3.63, 3.8) is 0 Å². The number of pyridine rings is 1. The number of carbonyl (C=O) groups is 1. The van der Waals surface area contributed by atoms with E-state index in [1.54, 1.807) is 49.4 Å². The van der Waals surface area contributed by atoms with Gasteiger partial charge in [-0.15, -0.1) is 0 Å². The number of para-hydroxylation sites is 1. The van der Waals surface area contributed by atoms with E-state index in [-0.39, 0.29) is 28.6 Å². The van der Waals surface area contributed by atoms with Crippen molar-refractivity contribution in [2.75, 3.05) is 23.8 Å². The van der Waals surface area contributed by atoms with E-state index in [0.717, 1.165) is 28.0 Å². The molecule has 0 bridgehead atoms. The van der Waals surface area contributed by atoms with Crippen LogP contribution in [0.25, 0.3) is 28.0 Å². The lowest BCUT2D eigenvalue weighted by molar-refractivity contribution is 0.102. The Morgan fingerprint density at radius 3 is 2.33 bits per heavy atom. The molecule has 2 aromatic heterocycles. The van der Waals surface area contributed by atoms with E-state index in [9.17, 15) is 28.6 Å². The number of fused-ring (bicyclic) bond motifs is 1. The first-order valence-corrected chi connectivity index (χ1v) is 13.3. The van der Waals surface area contributed by atoms with Crippen molar-refractivity contribution in [2.45, 2.75) is 13.0 Å². The molecule has 0 aliphatic carbocycles. The lowest BCUT2D eigenvalue weighted by Crippen LogP contribution is -2.29. The number of anilines is 2. The minimum Gasteiger partial charge on any atom is -0.394 e. The number of aryl methyl sites for hydroxylation is 1. The van der Waals surface area contributed by atoms with Gasteiger partial charge in [0.2, 0.25) is 5.95 Å². The minimum atomic E-state index is -0.981. The maximum atomic E-state index is 14.9. The number of nitrogens with zero attached hydrogens (tertiary/aromatic N) is 3. The summed E-state index contributed by atoms with van der Waals surface area (Å²) in [5, 5.41) is 26.0. The first-order chi connectivity index (χ1) is 20.2. The summed E-state index contributed by atoms with van der Waals surface area (Å²) < 4.78 is 30.7. The van der Waals surface area contributed by atoms with Crippen LogP contribution in [0.3, 0.4) is 0 Å². The molecule has 4 N–H and O–H groups in total. The van der Waals surface area contributed by atoms with Gasteiger partial charge < -0.3 is 20.8 Å². The Hall–Kier alpha value is -4.78. The van der Waals surface area contributed by atoms with Crippen molar-refractivity contribution >= 4 is 44.0 Å². The molecule has 0 spiro atoms. The second-order valence-corrected chi connectivity index (χ2v) is 10.1. The minimum absolute atomic E-state index is 0.120. The van der Waals surface area contributed by atoms with Crippen LogP contribution in [0.2, 0.25) is 0 Å². The molecule has 1 amide bonds. The fourth-order valence-corrected chi connectivity index (χ4v) is 4.58. The second kappa shape index (κ2) is 12.0. The van der Waals surface area contributed by atoms with Crippen molar-refractivity contribution in [1.82, 2.24) is 14.5 Å². The molecule has 5 rings (SSSR count). The summed E-state index contributed by atoms with van der Waals surface area (Å²) in [7, 11) is 3.41. The summed E-state index contributed by atoms with van der Waals surface area (Å²) in [5.41, 5.74) is 0.824. The van der Waals surface area contributed by atoms with Gasteiger partial charge in [-0.2, -0.15) is 4.98 Å². The number of carbonyl (C=O) groups excluding carboxylic acids is 1. The zero-order valence-corrected chi connectivity index (χ0v) is 23.2. The molecule has 0 aliphatic heterocycles. The van der Waals surface area contributed by atoms with Gasteiger partial charge >= 0.3 is 0 Å². The fraction of sp³-hybridized carbons (Fsp3) is 0.133. The molecule has 42 heavy (non-hydrogen) atoms. The van der Waals surface area contributed by atoms with Gasteiger partial charge in [-0.3, -0.25) is 14.2 Å². The monoisotopic (exact) mass is 584 g/mol. The van der Waals surface area contributed by atoms with E-state index < -0.39 is 42.1 Å². The standard InChI is InChI=1S/C30H24F2N5O4Si/c1-16-5-6-17(29(41)33-18-7-9-20(42)10-8-18)13-22(16)26-21-11-12-25(40)37(27-23(31)3-2-4-24(27)32)28(21)36-30(35-26)34-19(14-38)15-39/h2-13,19,38-39H,14-15H2,1H3,(H,33,41)(H,34,35,36). The third-order valence-corrected chi connectivity index (χ3v) is 6.92. The van der Waals surface area contributed by atoms with Crippen LogP contribution in [0.5, 0.6) is 0 Å². The molecule has 0 saturated heterocycles. The van der Waals surface area contributed by atoms with E-state index in [1.807, 2.05) is 0 Å². The average molecular weight is 585 g/mol. The van der Waals surface area contributed by atoms with Gasteiger partial charge in [-0.25, -0.2) is 13.8 Å². The van der Waals surface area contributed by atoms with Gasteiger partial charge in [0.1, 0.15) is 17.3 Å². The van der Waals surface area contributed by atoms with Crippen LogP contribution in [0.1, 0.15) is 15.9 Å². The molecule has 0 atom stereocenters. The summed E-state index contributed by atoms with van der Waals surface area (Å²) in [6.07, 6.45) is 0. The number of rotatable bonds is 8. The molecular formula is C30H24F2N5O4Si. The van der Waals surface area contributed by atoms with Crippen molar-refractivity contribution in [2.24, 2.45) is 0 Å². The Balaban J connectivity index is 1.73. The van der Waals surface area contributed by atoms with E-state index >= 15 is 0 Å². The Morgan fingerprint density at radius 1 is 0.976 bits per heavy atom. The van der Waals surface area contributed by atoms with E-state index in [2.05, 4.69) is 30.8 Å². The lowest BCUT2D eigenvalue weighted by atomic mass is 9.99. The molecule has 0 fully saturated rings. The van der Waals surface area contributed by atoms with Crippen LogP contribution in [0.4, 0.5) is 20.4 Å². The molecule has 2 heterocycles. The Bertz CT molecular complexity index is 1840. The highest BCUT2D eigenvalue weighted by atomic mass is 28.1. The Labute approximate surface area is 241 Å².